The molecule has 1 atom stereocenters. The number of rotatable bonds is 5. The first-order chi connectivity index (χ1) is 12.6. The summed E-state index contributed by atoms with van der Waals surface area (Å²) in [5.74, 6) is -0.814. The molecular formula is C21H19NO4. The highest BCUT2D eigenvalue weighted by Crippen LogP contribution is 2.28. The van der Waals surface area contributed by atoms with Gasteiger partial charge in [-0.1, -0.05) is 48.5 Å². The number of para-hydroxylation sites is 1. The molecule has 4 rings (SSSR count). The van der Waals surface area contributed by atoms with E-state index in [1.54, 1.807) is 18.2 Å². The van der Waals surface area contributed by atoms with E-state index in [9.17, 15) is 9.59 Å². The van der Waals surface area contributed by atoms with Crippen molar-refractivity contribution in [1.29, 1.82) is 0 Å². The lowest BCUT2D eigenvalue weighted by molar-refractivity contribution is -0.130. The minimum absolute atomic E-state index is 0.131. The summed E-state index contributed by atoms with van der Waals surface area (Å²) >= 11 is 0. The summed E-state index contributed by atoms with van der Waals surface area (Å²) < 4.78 is 11.2. The fourth-order valence-electron chi connectivity index (χ4n) is 2.93. The Bertz CT molecular complexity index is 957. The molecule has 1 unspecified atom stereocenters. The summed E-state index contributed by atoms with van der Waals surface area (Å²) in [6.07, 6.45) is 0.922. The predicted molar refractivity (Wildman–Crippen MR) is 96.7 cm³/mol. The molecule has 1 saturated carbocycles. The van der Waals surface area contributed by atoms with Crippen LogP contribution in [0.25, 0.3) is 11.0 Å². The Morgan fingerprint density at radius 2 is 1.77 bits per heavy atom. The molecule has 0 radical (unpaired) electrons. The van der Waals surface area contributed by atoms with Gasteiger partial charge >= 0.3 is 5.97 Å². The Morgan fingerprint density at radius 3 is 2.46 bits per heavy atom. The molecule has 1 N–H and O–H groups in total. The Kier molecular flexibility index (Phi) is 4.21. The molecule has 1 aliphatic rings. The van der Waals surface area contributed by atoms with E-state index in [4.69, 9.17) is 9.15 Å². The van der Waals surface area contributed by atoms with Gasteiger partial charge in [-0.05, 0) is 25.8 Å². The zero-order valence-electron chi connectivity index (χ0n) is 14.4. The number of hydrogen-bond acceptors (Lipinski definition) is 4. The lowest BCUT2D eigenvalue weighted by Gasteiger charge is -2.17. The quantitative estimate of drug-likeness (QED) is 0.709. The van der Waals surface area contributed by atoms with Gasteiger partial charge in [0.2, 0.25) is 11.9 Å². The lowest BCUT2D eigenvalue weighted by Crippen LogP contribution is -2.33. The zero-order valence-corrected chi connectivity index (χ0v) is 14.4. The van der Waals surface area contributed by atoms with Crippen molar-refractivity contribution in [2.24, 2.45) is 0 Å². The van der Waals surface area contributed by atoms with Gasteiger partial charge in [0.25, 0.3) is 5.91 Å². The van der Waals surface area contributed by atoms with Crippen molar-refractivity contribution in [3.63, 3.8) is 0 Å². The van der Waals surface area contributed by atoms with E-state index in [1.807, 2.05) is 43.3 Å². The third kappa shape index (κ3) is 3.20. The van der Waals surface area contributed by atoms with Crippen molar-refractivity contribution in [2.75, 3.05) is 0 Å². The van der Waals surface area contributed by atoms with Crippen LogP contribution in [0.4, 0.5) is 0 Å². The molecule has 0 saturated heterocycles. The topological polar surface area (TPSA) is 68.5 Å². The molecule has 1 aliphatic carbocycles. The number of fused-ring (bicyclic) bond motifs is 1. The fraction of sp³-hybridized carbons (Fsp3) is 0.238. The van der Waals surface area contributed by atoms with Crippen molar-refractivity contribution in [1.82, 2.24) is 5.32 Å². The number of furan rings is 1. The number of ether oxygens (including phenoxy) is 1. The molecule has 2 aromatic carbocycles. The molecular weight excluding hydrogens is 330 g/mol. The number of carbonyl (C=O) groups is 2. The van der Waals surface area contributed by atoms with Gasteiger partial charge in [-0.3, -0.25) is 4.79 Å². The van der Waals surface area contributed by atoms with Gasteiger partial charge < -0.3 is 14.5 Å². The van der Waals surface area contributed by atoms with Crippen LogP contribution in [0.1, 0.15) is 40.6 Å². The molecule has 1 fully saturated rings. The number of benzene rings is 2. The zero-order chi connectivity index (χ0) is 18.1. The summed E-state index contributed by atoms with van der Waals surface area (Å²) in [6.45, 7) is 1.81. The van der Waals surface area contributed by atoms with Crippen LogP contribution in [-0.2, 0) is 9.53 Å². The number of nitrogens with one attached hydrogen (secondary N) is 1. The van der Waals surface area contributed by atoms with E-state index in [0.717, 1.165) is 18.2 Å². The average molecular weight is 349 g/mol. The van der Waals surface area contributed by atoms with Crippen LogP contribution in [0, 0.1) is 6.92 Å². The molecule has 132 valence electrons. The number of amides is 1. The van der Waals surface area contributed by atoms with Gasteiger partial charge in [0, 0.05) is 22.6 Å². The predicted octanol–water partition coefficient (Wildman–Crippen LogP) is 3.92. The van der Waals surface area contributed by atoms with E-state index >= 15 is 0 Å². The average Bonchev–Trinajstić information content (AvgIpc) is 3.42. The summed E-state index contributed by atoms with van der Waals surface area (Å²) in [5, 5.41) is 3.76. The van der Waals surface area contributed by atoms with Gasteiger partial charge in [0.05, 0.1) is 0 Å². The van der Waals surface area contributed by atoms with Gasteiger partial charge in [-0.2, -0.15) is 0 Å². The van der Waals surface area contributed by atoms with Crippen molar-refractivity contribution in [3.05, 3.63) is 71.5 Å². The van der Waals surface area contributed by atoms with Gasteiger partial charge in [0.1, 0.15) is 5.58 Å². The van der Waals surface area contributed by atoms with Crippen molar-refractivity contribution < 1.29 is 18.7 Å². The molecule has 1 aromatic heterocycles. The normalized spacial score (nSPS) is 14.8. The number of aryl methyl sites for hydroxylation is 1. The molecule has 0 bridgehead atoms. The van der Waals surface area contributed by atoms with E-state index < -0.39 is 12.1 Å². The maximum atomic E-state index is 12.7. The second kappa shape index (κ2) is 6.67. The molecule has 1 heterocycles. The van der Waals surface area contributed by atoms with Crippen LogP contribution in [0.3, 0.4) is 0 Å². The lowest BCUT2D eigenvalue weighted by atomic mass is 10.1. The van der Waals surface area contributed by atoms with Crippen molar-refractivity contribution in [3.8, 4) is 0 Å². The molecule has 1 amide bonds. The van der Waals surface area contributed by atoms with Crippen LogP contribution in [0.5, 0.6) is 0 Å². The highest BCUT2D eigenvalue weighted by Gasteiger charge is 2.32. The summed E-state index contributed by atoms with van der Waals surface area (Å²) in [6, 6.07) is 16.6. The Balaban J connectivity index is 1.62. The SMILES string of the molecule is Cc1c(C(=O)OC(C(=O)NC2CC2)c2ccccc2)oc2ccccc12. The smallest absolute Gasteiger partial charge is 0.375 e. The second-order valence-corrected chi connectivity index (χ2v) is 6.53. The van der Waals surface area contributed by atoms with Gasteiger partial charge in [0.15, 0.2) is 0 Å². The van der Waals surface area contributed by atoms with Gasteiger partial charge in [-0.25, -0.2) is 4.79 Å². The third-order valence-corrected chi connectivity index (χ3v) is 4.52. The minimum atomic E-state index is -1.00. The van der Waals surface area contributed by atoms with E-state index in [1.165, 1.54) is 0 Å². The van der Waals surface area contributed by atoms with E-state index in [0.29, 0.717) is 16.7 Å². The molecule has 5 heteroatoms. The number of esters is 1. The molecule has 3 aromatic rings. The van der Waals surface area contributed by atoms with Crippen molar-refractivity contribution in [2.45, 2.75) is 31.9 Å². The molecule has 0 aliphatic heterocycles. The molecule has 0 spiro atoms. The van der Waals surface area contributed by atoms with Crippen LogP contribution in [0.2, 0.25) is 0 Å². The summed E-state index contributed by atoms with van der Waals surface area (Å²) in [4.78, 5) is 25.3. The standard InChI is InChI=1S/C21H19NO4/c1-13-16-9-5-6-10-17(16)25-18(13)21(24)26-19(14-7-3-2-4-8-14)20(23)22-15-11-12-15/h2-10,15,19H,11-12H2,1H3,(H,22,23). The molecule has 26 heavy (non-hydrogen) atoms. The number of hydrogen-bond donors (Lipinski definition) is 1. The first-order valence-electron chi connectivity index (χ1n) is 8.68. The highest BCUT2D eigenvalue weighted by molar-refractivity contribution is 5.97. The number of carbonyl (C=O) groups excluding carboxylic acids is 2. The monoisotopic (exact) mass is 349 g/mol. The van der Waals surface area contributed by atoms with Crippen LogP contribution in [-0.4, -0.2) is 17.9 Å². The Hall–Kier alpha value is -3.08. The summed E-state index contributed by atoms with van der Waals surface area (Å²) in [7, 11) is 0. The van der Waals surface area contributed by atoms with Crippen LogP contribution < -0.4 is 5.32 Å². The first kappa shape index (κ1) is 16.4. The van der Waals surface area contributed by atoms with E-state index in [-0.39, 0.29) is 17.7 Å². The largest absolute Gasteiger partial charge is 0.449 e. The van der Waals surface area contributed by atoms with Crippen molar-refractivity contribution >= 4 is 22.8 Å². The first-order valence-corrected chi connectivity index (χ1v) is 8.68. The summed E-state index contributed by atoms with van der Waals surface area (Å²) in [5.41, 5.74) is 1.96. The maximum absolute atomic E-state index is 12.7. The minimum Gasteiger partial charge on any atom is -0.449 e. The van der Waals surface area contributed by atoms with E-state index in [2.05, 4.69) is 5.32 Å². The Labute approximate surface area is 150 Å². The Morgan fingerprint density at radius 1 is 1.08 bits per heavy atom. The fourth-order valence-corrected chi connectivity index (χ4v) is 2.93. The third-order valence-electron chi connectivity index (χ3n) is 4.52. The molecule has 5 nitrogen and oxygen atoms in total. The highest BCUT2D eigenvalue weighted by atomic mass is 16.6. The maximum Gasteiger partial charge on any atom is 0.375 e. The van der Waals surface area contributed by atoms with Crippen LogP contribution in [0.15, 0.2) is 59.0 Å². The second-order valence-electron chi connectivity index (χ2n) is 6.53. The van der Waals surface area contributed by atoms with Crippen LogP contribution >= 0.6 is 0 Å². The van der Waals surface area contributed by atoms with Gasteiger partial charge in [-0.15, -0.1) is 0 Å².